The van der Waals surface area contributed by atoms with Crippen LogP contribution in [0.3, 0.4) is 0 Å². The predicted octanol–water partition coefficient (Wildman–Crippen LogP) is 1.93. The molecule has 0 aromatic carbocycles. The fourth-order valence-corrected chi connectivity index (χ4v) is 2.59. The molecular formula is C16H20N4O4S. The monoisotopic (exact) mass is 364 g/mol. The number of aromatic nitrogens is 3. The molecule has 9 heteroatoms. The van der Waals surface area contributed by atoms with Crippen LogP contribution in [0.15, 0.2) is 34.2 Å². The first-order chi connectivity index (χ1) is 12.0. The third kappa shape index (κ3) is 5.28. The number of ether oxygens (including phenoxy) is 1. The van der Waals surface area contributed by atoms with Crippen molar-refractivity contribution in [2.45, 2.75) is 31.5 Å². The third-order valence-corrected chi connectivity index (χ3v) is 4.44. The molecule has 8 nitrogen and oxygen atoms in total. The van der Waals surface area contributed by atoms with Gasteiger partial charge in [0.2, 0.25) is 11.8 Å². The summed E-state index contributed by atoms with van der Waals surface area (Å²) in [5.74, 6) is -0.394. The largest absolute Gasteiger partial charge is 0.467 e. The first-order valence-electron chi connectivity index (χ1n) is 7.79. The van der Waals surface area contributed by atoms with Gasteiger partial charge in [0.05, 0.1) is 18.4 Å². The summed E-state index contributed by atoms with van der Waals surface area (Å²) in [6.07, 6.45) is 4.00. The van der Waals surface area contributed by atoms with E-state index >= 15 is 0 Å². The highest BCUT2D eigenvalue weighted by atomic mass is 32.2. The number of methoxy groups -OCH3 is 1. The van der Waals surface area contributed by atoms with Gasteiger partial charge in [-0.05, 0) is 18.1 Å². The van der Waals surface area contributed by atoms with Crippen LogP contribution in [0.2, 0.25) is 0 Å². The first kappa shape index (κ1) is 18.9. The molecule has 0 saturated heterocycles. The zero-order chi connectivity index (χ0) is 18.2. The summed E-state index contributed by atoms with van der Waals surface area (Å²) < 4.78 is 10.2. The summed E-state index contributed by atoms with van der Waals surface area (Å²) >= 11 is 1.10. The number of carbonyl (C=O) groups is 2. The van der Waals surface area contributed by atoms with Crippen LogP contribution in [0.25, 0.3) is 11.5 Å². The number of nitrogens with one attached hydrogen (secondary N) is 1. The highest BCUT2D eigenvalue weighted by molar-refractivity contribution is 7.99. The van der Waals surface area contributed by atoms with Crippen molar-refractivity contribution in [3.05, 3.63) is 24.5 Å². The molecule has 1 N–H and O–H groups in total. The average molecular weight is 364 g/mol. The zero-order valence-corrected chi connectivity index (χ0v) is 15.1. The second kappa shape index (κ2) is 9.16. The standard InChI is InChI=1S/C16H20N4O4S/c1-4-10(2)13(15(22)23-3)18-12(21)9-25-16-20-19-14(24-16)11-6-5-7-17-8-11/h5-8,10,13H,4,9H2,1-3H3,(H,18,21)/t10-,13+/m1/s1. The van der Waals surface area contributed by atoms with Gasteiger partial charge >= 0.3 is 5.97 Å². The Balaban J connectivity index is 1.91. The lowest BCUT2D eigenvalue weighted by Gasteiger charge is -2.21. The fraction of sp³-hybridized carbons (Fsp3) is 0.438. The molecule has 0 unspecified atom stereocenters. The van der Waals surface area contributed by atoms with E-state index < -0.39 is 12.0 Å². The summed E-state index contributed by atoms with van der Waals surface area (Å²) in [5, 5.41) is 10.8. The van der Waals surface area contributed by atoms with Crippen LogP contribution >= 0.6 is 11.8 Å². The Bertz CT molecular complexity index is 707. The number of esters is 1. The van der Waals surface area contributed by atoms with Gasteiger partial charge in [-0.2, -0.15) is 0 Å². The van der Waals surface area contributed by atoms with E-state index in [1.807, 2.05) is 13.8 Å². The van der Waals surface area contributed by atoms with E-state index in [1.54, 1.807) is 24.5 Å². The van der Waals surface area contributed by atoms with Crippen LogP contribution in [-0.2, 0) is 14.3 Å². The number of nitrogens with zero attached hydrogens (tertiary/aromatic N) is 3. The van der Waals surface area contributed by atoms with Crippen molar-refractivity contribution in [3.8, 4) is 11.5 Å². The van der Waals surface area contributed by atoms with Gasteiger partial charge in [0.15, 0.2) is 0 Å². The maximum absolute atomic E-state index is 12.1. The number of hydrogen-bond donors (Lipinski definition) is 1. The molecule has 134 valence electrons. The van der Waals surface area contributed by atoms with E-state index in [4.69, 9.17) is 9.15 Å². The molecule has 2 aromatic rings. The molecule has 2 atom stereocenters. The lowest BCUT2D eigenvalue weighted by atomic mass is 9.99. The number of pyridine rings is 1. The van der Waals surface area contributed by atoms with Gasteiger partial charge in [0.25, 0.3) is 5.22 Å². The minimum atomic E-state index is -0.670. The topological polar surface area (TPSA) is 107 Å². The molecule has 0 spiro atoms. The minimum absolute atomic E-state index is 0.0259. The third-order valence-electron chi connectivity index (χ3n) is 3.63. The Labute approximate surface area is 149 Å². The Hall–Kier alpha value is -2.42. The number of hydrogen-bond acceptors (Lipinski definition) is 8. The fourth-order valence-electron chi connectivity index (χ4n) is 2.01. The molecule has 2 rings (SSSR count). The SMILES string of the molecule is CC[C@@H](C)[C@H](NC(=O)CSc1nnc(-c2cccnc2)o1)C(=O)OC. The summed E-state index contributed by atoms with van der Waals surface area (Å²) in [4.78, 5) is 27.9. The average Bonchev–Trinajstić information content (AvgIpc) is 3.13. The van der Waals surface area contributed by atoms with E-state index in [9.17, 15) is 9.59 Å². The summed E-state index contributed by atoms with van der Waals surface area (Å²) in [6.45, 7) is 3.83. The maximum Gasteiger partial charge on any atom is 0.328 e. The molecule has 0 radical (unpaired) electrons. The van der Waals surface area contributed by atoms with E-state index in [-0.39, 0.29) is 22.8 Å². The molecular weight excluding hydrogens is 344 g/mol. The second-order valence-electron chi connectivity index (χ2n) is 5.36. The maximum atomic E-state index is 12.1. The smallest absolute Gasteiger partial charge is 0.328 e. The molecule has 2 aromatic heterocycles. The highest BCUT2D eigenvalue weighted by Crippen LogP contribution is 2.22. The highest BCUT2D eigenvalue weighted by Gasteiger charge is 2.26. The quantitative estimate of drug-likeness (QED) is 0.559. The van der Waals surface area contributed by atoms with Crippen molar-refractivity contribution < 1.29 is 18.7 Å². The predicted molar refractivity (Wildman–Crippen MR) is 91.7 cm³/mol. The van der Waals surface area contributed by atoms with Crippen LogP contribution in [-0.4, -0.2) is 46.0 Å². The number of thioether (sulfide) groups is 1. The summed E-state index contributed by atoms with van der Waals surface area (Å²) in [5.41, 5.74) is 0.703. The van der Waals surface area contributed by atoms with Crippen LogP contribution in [0.5, 0.6) is 0 Å². The van der Waals surface area contributed by atoms with Crippen LogP contribution < -0.4 is 5.32 Å². The van der Waals surface area contributed by atoms with Crippen molar-refractivity contribution in [2.24, 2.45) is 5.92 Å². The van der Waals surface area contributed by atoms with E-state index in [2.05, 4.69) is 20.5 Å². The Morgan fingerprint density at radius 2 is 2.20 bits per heavy atom. The lowest BCUT2D eigenvalue weighted by Crippen LogP contribution is -2.46. The van der Waals surface area contributed by atoms with Crippen molar-refractivity contribution >= 4 is 23.6 Å². The molecule has 1 amide bonds. The van der Waals surface area contributed by atoms with Gasteiger partial charge in [-0.1, -0.05) is 32.0 Å². The van der Waals surface area contributed by atoms with Gasteiger partial charge in [0, 0.05) is 12.4 Å². The zero-order valence-electron chi connectivity index (χ0n) is 14.3. The van der Waals surface area contributed by atoms with Crippen molar-refractivity contribution in [3.63, 3.8) is 0 Å². The Morgan fingerprint density at radius 1 is 1.40 bits per heavy atom. The van der Waals surface area contributed by atoms with Gasteiger partial charge in [-0.15, -0.1) is 10.2 Å². The van der Waals surface area contributed by atoms with Crippen molar-refractivity contribution in [2.75, 3.05) is 12.9 Å². The molecule has 0 aliphatic carbocycles. The molecule has 0 aliphatic rings. The number of carbonyl (C=O) groups excluding carboxylic acids is 2. The van der Waals surface area contributed by atoms with Crippen LogP contribution in [0.4, 0.5) is 0 Å². The van der Waals surface area contributed by atoms with Crippen molar-refractivity contribution in [1.82, 2.24) is 20.5 Å². The lowest BCUT2D eigenvalue weighted by molar-refractivity contribution is -0.146. The first-order valence-corrected chi connectivity index (χ1v) is 8.77. The van der Waals surface area contributed by atoms with E-state index in [0.717, 1.165) is 18.2 Å². The van der Waals surface area contributed by atoms with Crippen LogP contribution in [0.1, 0.15) is 20.3 Å². The minimum Gasteiger partial charge on any atom is -0.467 e. The molecule has 0 bridgehead atoms. The normalized spacial score (nSPS) is 13.1. The second-order valence-corrected chi connectivity index (χ2v) is 6.28. The van der Waals surface area contributed by atoms with Gasteiger partial charge in [-0.3, -0.25) is 9.78 Å². The van der Waals surface area contributed by atoms with Crippen molar-refractivity contribution in [1.29, 1.82) is 0 Å². The number of rotatable bonds is 8. The molecule has 0 saturated carbocycles. The molecule has 25 heavy (non-hydrogen) atoms. The Kier molecular flexibility index (Phi) is 6.93. The van der Waals surface area contributed by atoms with E-state index in [0.29, 0.717) is 11.5 Å². The number of amides is 1. The summed E-state index contributed by atoms with van der Waals surface area (Å²) in [6, 6.07) is 2.90. The van der Waals surface area contributed by atoms with Gasteiger partial charge < -0.3 is 14.5 Å². The summed E-state index contributed by atoms with van der Waals surface area (Å²) in [7, 11) is 1.30. The van der Waals surface area contributed by atoms with Gasteiger partial charge in [-0.25, -0.2) is 4.79 Å². The van der Waals surface area contributed by atoms with Crippen LogP contribution in [0, 0.1) is 5.92 Å². The molecule has 0 aliphatic heterocycles. The Morgan fingerprint density at radius 3 is 2.84 bits per heavy atom. The molecule has 2 heterocycles. The van der Waals surface area contributed by atoms with E-state index in [1.165, 1.54) is 7.11 Å². The molecule has 0 fully saturated rings. The van der Waals surface area contributed by atoms with Gasteiger partial charge in [0.1, 0.15) is 6.04 Å².